The molecule has 2 aromatic heterocycles. The summed E-state index contributed by atoms with van der Waals surface area (Å²) in [5.74, 6) is 0.910. The Hall–Kier alpha value is -1.88. The summed E-state index contributed by atoms with van der Waals surface area (Å²) in [4.78, 5) is 5.26. The molecule has 3 rings (SSSR count). The van der Waals surface area contributed by atoms with Gasteiger partial charge in [0.05, 0.1) is 6.20 Å². The second-order valence-electron chi connectivity index (χ2n) is 3.58. The smallest absolute Gasteiger partial charge is 0.146 e. The average Bonchev–Trinajstić information content (AvgIpc) is 2.83. The minimum Gasteiger partial charge on any atom is -0.399 e. The van der Waals surface area contributed by atoms with Gasteiger partial charge in [-0.25, -0.2) is 9.50 Å². The molecule has 0 radical (unpaired) electrons. The van der Waals surface area contributed by atoms with E-state index in [0.29, 0.717) is 0 Å². The number of anilines is 1. The number of aryl methyl sites for hydroxylation is 1. The zero-order valence-electron chi connectivity index (χ0n) is 8.71. The molecule has 0 fully saturated rings. The van der Waals surface area contributed by atoms with E-state index >= 15 is 0 Å². The molecular formula is C11H10N4S. The van der Waals surface area contributed by atoms with Gasteiger partial charge in [0.1, 0.15) is 15.7 Å². The van der Waals surface area contributed by atoms with E-state index < -0.39 is 0 Å². The second kappa shape index (κ2) is 3.31. The van der Waals surface area contributed by atoms with Gasteiger partial charge >= 0.3 is 0 Å². The van der Waals surface area contributed by atoms with Gasteiger partial charge < -0.3 is 5.73 Å². The summed E-state index contributed by atoms with van der Waals surface area (Å²) in [6.45, 7) is 1.94. The standard InChI is InChI=1S/C11H10N4S/c1-7-13-6-10-15(7)14-11(16-10)8-2-4-9(12)5-3-8/h2-6H,12H2,1H3. The van der Waals surface area contributed by atoms with Crippen LogP contribution in [0.25, 0.3) is 15.4 Å². The van der Waals surface area contributed by atoms with Crippen LogP contribution in [0.15, 0.2) is 30.5 Å². The van der Waals surface area contributed by atoms with Crippen LogP contribution < -0.4 is 5.73 Å². The Morgan fingerprint density at radius 1 is 1.25 bits per heavy atom. The molecule has 2 heterocycles. The lowest BCUT2D eigenvalue weighted by Gasteiger charge is -1.95. The van der Waals surface area contributed by atoms with Crippen LogP contribution in [0, 0.1) is 6.92 Å². The van der Waals surface area contributed by atoms with Gasteiger partial charge in [-0.3, -0.25) is 0 Å². The first kappa shape index (κ1) is 9.35. The summed E-state index contributed by atoms with van der Waals surface area (Å²) in [6, 6.07) is 7.74. The molecule has 2 N–H and O–H groups in total. The zero-order valence-corrected chi connectivity index (χ0v) is 9.53. The molecule has 0 aliphatic rings. The number of nitrogens with two attached hydrogens (primary N) is 1. The van der Waals surface area contributed by atoms with E-state index in [4.69, 9.17) is 5.73 Å². The maximum atomic E-state index is 5.65. The van der Waals surface area contributed by atoms with Crippen molar-refractivity contribution in [2.75, 3.05) is 5.73 Å². The van der Waals surface area contributed by atoms with Crippen molar-refractivity contribution in [3.8, 4) is 10.6 Å². The molecule has 4 nitrogen and oxygen atoms in total. The number of hydrogen-bond donors (Lipinski definition) is 1. The Morgan fingerprint density at radius 2 is 2.00 bits per heavy atom. The van der Waals surface area contributed by atoms with Gasteiger partial charge in [-0.2, -0.15) is 5.10 Å². The van der Waals surface area contributed by atoms with Gasteiger partial charge in [-0.15, -0.1) is 0 Å². The highest BCUT2D eigenvalue weighted by Crippen LogP contribution is 2.26. The third-order valence-corrected chi connectivity index (χ3v) is 3.42. The van der Waals surface area contributed by atoms with E-state index in [1.807, 2.05) is 41.9 Å². The third-order valence-electron chi connectivity index (χ3n) is 2.43. The lowest BCUT2D eigenvalue weighted by molar-refractivity contribution is 0.904. The fraction of sp³-hybridized carbons (Fsp3) is 0.0909. The minimum absolute atomic E-state index is 0.768. The number of hydrogen-bond acceptors (Lipinski definition) is 4. The van der Waals surface area contributed by atoms with Gasteiger partial charge in [0, 0.05) is 11.3 Å². The predicted molar refractivity (Wildman–Crippen MR) is 65.4 cm³/mol. The van der Waals surface area contributed by atoms with Crippen molar-refractivity contribution in [1.29, 1.82) is 0 Å². The van der Waals surface area contributed by atoms with E-state index in [0.717, 1.165) is 26.9 Å². The number of nitrogen functional groups attached to an aromatic ring is 1. The Bertz CT molecular complexity index is 636. The second-order valence-corrected chi connectivity index (χ2v) is 4.59. The topological polar surface area (TPSA) is 56.2 Å². The van der Waals surface area contributed by atoms with Gasteiger partial charge in [0.2, 0.25) is 0 Å². The Balaban J connectivity index is 2.15. The van der Waals surface area contributed by atoms with E-state index in [1.165, 1.54) is 0 Å². The zero-order chi connectivity index (χ0) is 11.1. The van der Waals surface area contributed by atoms with Crippen molar-refractivity contribution >= 4 is 21.9 Å². The molecule has 80 valence electrons. The van der Waals surface area contributed by atoms with Crippen molar-refractivity contribution in [1.82, 2.24) is 14.6 Å². The molecule has 0 bridgehead atoms. The fourth-order valence-corrected chi connectivity index (χ4v) is 2.50. The molecule has 1 aromatic carbocycles. The number of fused-ring (bicyclic) bond motifs is 1. The molecule has 0 unspecified atom stereocenters. The van der Waals surface area contributed by atoms with Crippen molar-refractivity contribution in [2.45, 2.75) is 6.92 Å². The van der Waals surface area contributed by atoms with E-state index in [2.05, 4.69) is 10.1 Å². The maximum absolute atomic E-state index is 5.65. The Morgan fingerprint density at radius 3 is 2.69 bits per heavy atom. The molecule has 5 heteroatoms. The molecule has 0 amide bonds. The van der Waals surface area contributed by atoms with Gasteiger partial charge in [0.15, 0.2) is 0 Å². The number of benzene rings is 1. The van der Waals surface area contributed by atoms with Crippen molar-refractivity contribution in [3.63, 3.8) is 0 Å². The van der Waals surface area contributed by atoms with E-state index in [9.17, 15) is 0 Å². The first-order chi connectivity index (χ1) is 7.74. The molecule has 0 aliphatic carbocycles. The summed E-state index contributed by atoms with van der Waals surface area (Å²) in [6.07, 6.45) is 1.84. The van der Waals surface area contributed by atoms with Crippen molar-refractivity contribution in [3.05, 3.63) is 36.3 Å². The molecule has 16 heavy (non-hydrogen) atoms. The highest BCUT2D eigenvalue weighted by atomic mass is 32.1. The lowest BCUT2D eigenvalue weighted by Crippen LogP contribution is -1.89. The monoisotopic (exact) mass is 230 g/mol. The Labute approximate surface area is 96.4 Å². The summed E-state index contributed by atoms with van der Waals surface area (Å²) < 4.78 is 1.86. The van der Waals surface area contributed by atoms with Crippen LogP contribution in [-0.2, 0) is 0 Å². The van der Waals surface area contributed by atoms with Gasteiger partial charge in [0.25, 0.3) is 0 Å². The van der Waals surface area contributed by atoms with E-state index in [1.54, 1.807) is 11.3 Å². The third kappa shape index (κ3) is 1.37. The quantitative estimate of drug-likeness (QED) is 0.653. The van der Waals surface area contributed by atoms with Gasteiger partial charge in [-0.05, 0) is 31.2 Å². The normalized spacial score (nSPS) is 11.1. The molecule has 3 aromatic rings. The van der Waals surface area contributed by atoms with Crippen LogP contribution in [0.3, 0.4) is 0 Å². The molecular weight excluding hydrogens is 220 g/mol. The number of rotatable bonds is 1. The maximum Gasteiger partial charge on any atom is 0.146 e. The van der Waals surface area contributed by atoms with Crippen LogP contribution in [-0.4, -0.2) is 14.6 Å². The summed E-state index contributed by atoms with van der Waals surface area (Å²) in [5.41, 5.74) is 7.51. The summed E-state index contributed by atoms with van der Waals surface area (Å²) in [7, 11) is 0. The van der Waals surface area contributed by atoms with E-state index in [-0.39, 0.29) is 0 Å². The molecule has 0 spiro atoms. The number of nitrogens with zero attached hydrogens (tertiary/aromatic N) is 3. The van der Waals surface area contributed by atoms with Gasteiger partial charge in [-0.1, -0.05) is 11.3 Å². The highest BCUT2D eigenvalue weighted by molar-refractivity contribution is 7.20. The summed E-state index contributed by atoms with van der Waals surface area (Å²) >= 11 is 1.63. The largest absolute Gasteiger partial charge is 0.399 e. The molecule has 0 saturated carbocycles. The predicted octanol–water partition coefficient (Wildman–Crippen LogP) is 2.35. The van der Waals surface area contributed by atoms with Crippen LogP contribution in [0.2, 0.25) is 0 Å². The fourth-order valence-electron chi connectivity index (χ4n) is 1.56. The summed E-state index contributed by atoms with van der Waals surface area (Å²) in [5, 5.41) is 5.49. The molecule has 0 saturated heterocycles. The highest BCUT2D eigenvalue weighted by Gasteiger charge is 2.08. The first-order valence-corrected chi connectivity index (χ1v) is 5.73. The van der Waals surface area contributed by atoms with Crippen LogP contribution in [0.1, 0.15) is 5.82 Å². The van der Waals surface area contributed by atoms with Crippen molar-refractivity contribution in [2.24, 2.45) is 0 Å². The Kier molecular flexibility index (Phi) is 1.94. The van der Waals surface area contributed by atoms with Crippen molar-refractivity contribution < 1.29 is 0 Å². The molecule has 0 aliphatic heterocycles. The first-order valence-electron chi connectivity index (χ1n) is 4.91. The van der Waals surface area contributed by atoms with Crippen LogP contribution >= 0.6 is 11.3 Å². The van der Waals surface area contributed by atoms with Crippen LogP contribution in [0.4, 0.5) is 5.69 Å². The average molecular weight is 230 g/mol. The SMILES string of the molecule is Cc1ncc2sc(-c3ccc(N)cc3)nn12. The van der Waals surface area contributed by atoms with Crippen LogP contribution in [0.5, 0.6) is 0 Å². The number of imidazole rings is 1. The minimum atomic E-state index is 0.768. The molecule has 0 atom stereocenters. The number of aromatic nitrogens is 3. The lowest BCUT2D eigenvalue weighted by atomic mass is 10.2.